The molecule has 1 aliphatic carbocycles. The van der Waals surface area contributed by atoms with Crippen molar-refractivity contribution < 1.29 is 9.90 Å². The minimum absolute atomic E-state index is 0.592. The Morgan fingerprint density at radius 1 is 1.08 bits per heavy atom. The van der Waals surface area contributed by atoms with Gasteiger partial charge in [0, 0.05) is 40.0 Å². The molecule has 198 valence electrons. The van der Waals surface area contributed by atoms with Crippen LogP contribution in [0.4, 0.5) is 0 Å². The van der Waals surface area contributed by atoms with E-state index in [9.17, 15) is 0 Å². The highest BCUT2D eigenvalue weighted by atomic mass is 35.5. The molecule has 0 saturated carbocycles. The van der Waals surface area contributed by atoms with Gasteiger partial charge in [0.05, 0.1) is 10.7 Å². The van der Waals surface area contributed by atoms with Gasteiger partial charge in [-0.15, -0.1) is 11.3 Å². The van der Waals surface area contributed by atoms with Crippen molar-refractivity contribution in [3.05, 3.63) is 123 Å². The predicted molar refractivity (Wildman–Crippen MR) is 165 cm³/mol. The number of carboxylic acid groups (broad SMARTS) is 1. The van der Waals surface area contributed by atoms with Crippen molar-refractivity contribution in [3.63, 3.8) is 0 Å². The Hall–Kier alpha value is -3.64. The van der Waals surface area contributed by atoms with Crippen LogP contribution in [0.25, 0.3) is 33.9 Å². The first kappa shape index (κ1) is 28.4. The lowest BCUT2D eigenvalue weighted by Gasteiger charge is -2.06. The number of carbonyl (C=O) groups is 1. The molecule has 39 heavy (non-hydrogen) atoms. The highest BCUT2D eigenvalue weighted by Crippen LogP contribution is 2.31. The van der Waals surface area contributed by atoms with E-state index in [0.29, 0.717) is 10.0 Å². The number of aliphatic carboxylic acids is 1. The normalized spacial score (nSPS) is 12.7. The van der Waals surface area contributed by atoms with Crippen molar-refractivity contribution in [1.82, 2.24) is 9.55 Å². The average molecular weight is 576 g/mol. The van der Waals surface area contributed by atoms with E-state index in [2.05, 4.69) is 96.6 Å². The molecule has 0 atom stereocenters. The summed E-state index contributed by atoms with van der Waals surface area (Å²) in [5, 5.41) is 8.62. The van der Waals surface area contributed by atoms with Gasteiger partial charge in [-0.05, 0) is 66.5 Å². The van der Waals surface area contributed by atoms with Crippen molar-refractivity contribution in [1.29, 1.82) is 0 Å². The fraction of sp³-hybridized carbons (Fsp3) is 0.125. The first-order valence-corrected chi connectivity index (χ1v) is 13.9. The van der Waals surface area contributed by atoms with Crippen molar-refractivity contribution in [2.75, 3.05) is 0 Å². The second-order valence-corrected chi connectivity index (χ2v) is 11.1. The molecule has 2 aromatic heterocycles. The van der Waals surface area contributed by atoms with Crippen LogP contribution in [0.3, 0.4) is 0 Å². The third-order valence-electron chi connectivity index (χ3n) is 5.80. The molecule has 0 amide bonds. The third kappa shape index (κ3) is 8.17. The number of aromatic nitrogens is 2. The number of imidazole rings is 1. The Bertz CT molecular complexity index is 1570. The summed E-state index contributed by atoms with van der Waals surface area (Å²) >= 11 is 14.4. The van der Waals surface area contributed by atoms with Crippen molar-refractivity contribution in [2.24, 2.45) is 0 Å². The zero-order valence-electron chi connectivity index (χ0n) is 21.6. The largest absolute Gasteiger partial charge is 0.481 e. The minimum atomic E-state index is -0.833. The third-order valence-corrected chi connectivity index (χ3v) is 7.40. The quantitative estimate of drug-likeness (QED) is 0.249. The van der Waals surface area contributed by atoms with Gasteiger partial charge in [-0.3, -0.25) is 4.79 Å². The van der Waals surface area contributed by atoms with Gasteiger partial charge in [0.25, 0.3) is 5.97 Å². The van der Waals surface area contributed by atoms with Crippen molar-refractivity contribution in [2.45, 2.75) is 26.8 Å². The van der Waals surface area contributed by atoms with E-state index in [1.165, 1.54) is 20.9 Å². The zero-order chi connectivity index (χ0) is 27.8. The molecule has 0 aliphatic heterocycles. The molecular weight excluding hydrogens is 547 g/mol. The maximum atomic E-state index is 9.00. The van der Waals surface area contributed by atoms with Crippen LogP contribution in [0.1, 0.15) is 29.6 Å². The maximum Gasteiger partial charge on any atom is 0.300 e. The molecule has 4 nitrogen and oxygen atoms in total. The Morgan fingerprint density at radius 3 is 2.54 bits per heavy atom. The number of rotatable bonds is 6. The number of nitrogens with zero attached hydrogens (tertiary/aromatic N) is 2. The Kier molecular flexibility index (Phi) is 9.77. The SMILES string of the molecule is CC(=O)O.Cc1ccc(-c2ccc(/C=C/c3nc(-c4ccc(Cl)cc4Cl)cn3CC3=CCC=CC=C3)cc2)s1. The molecule has 1 N–H and O–H groups in total. The maximum absolute atomic E-state index is 9.00. The lowest BCUT2D eigenvalue weighted by atomic mass is 10.1. The molecule has 4 aromatic rings. The molecule has 0 bridgehead atoms. The van der Waals surface area contributed by atoms with E-state index < -0.39 is 5.97 Å². The number of aryl methyl sites for hydroxylation is 1. The van der Waals surface area contributed by atoms with Crippen LogP contribution >= 0.6 is 34.5 Å². The number of halogens is 2. The summed E-state index contributed by atoms with van der Waals surface area (Å²) in [6, 6.07) is 18.5. The Balaban J connectivity index is 0.000000826. The molecule has 0 saturated heterocycles. The van der Waals surface area contributed by atoms with Crippen molar-refractivity contribution in [3.8, 4) is 21.7 Å². The van der Waals surface area contributed by atoms with Crippen molar-refractivity contribution >= 4 is 52.7 Å². The fourth-order valence-corrected chi connectivity index (χ4v) is 5.35. The van der Waals surface area contributed by atoms with Crippen LogP contribution in [-0.4, -0.2) is 20.6 Å². The van der Waals surface area contributed by atoms with Gasteiger partial charge in [0.2, 0.25) is 0 Å². The summed E-state index contributed by atoms with van der Waals surface area (Å²) in [6.07, 6.45) is 17.9. The molecule has 0 fully saturated rings. The van der Waals surface area contributed by atoms with Crippen LogP contribution in [0.2, 0.25) is 10.0 Å². The van der Waals surface area contributed by atoms with Gasteiger partial charge in [0.15, 0.2) is 0 Å². The van der Waals surface area contributed by atoms with E-state index in [1.807, 2.05) is 23.5 Å². The highest BCUT2D eigenvalue weighted by molar-refractivity contribution is 7.15. The van der Waals surface area contributed by atoms with Crippen LogP contribution in [0.5, 0.6) is 0 Å². The van der Waals surface area contributed by atoms with Gasteiger partial charge >= 0.3 is 0 Å². The second kappa shape index (κ2) is 13.4. The first-order chi connectivity index (χ1) is 18.8. The number of thiophene rings is 1. The van der Waals surface area contributed by atoms with E-state index in [0.717, 1.165) is 42.5 Å². The lowest BCUT2D eigenvalue weighted by molar-refractivity contribution is -0.134. The second-order valence-electron chi connectivity index (χ2n) is 8.92. The number of allylic oxidation sites excluding steroid dienone is 6. The summed E-state index contributed by atoms with van der Waals surface area (Å²) in [5.74, 6) is 0.0375. The highest BCUT2D eigenvalue weighted by Gasteiger charge is 2.12. The molecule has 0 unspecified atom stereocenters. The van der Waals surface area contributed by atoms with Crippen LogP contribution in [-0.2, 0) is 11.3 Å². The number of hydrogen-bond donors (Lipinski definition) is 1. The number of hydrogen-bond acceptors (Lipinski definition) is 3. The molecule has 0 radical (unpaired) electrons. The molecule has 0 spiro atoms. The summed E-state index contributed by atoms with van der Waals surface area (Å²) in [5.41, 5.74) is 5.30. The fourth-order valence-electron chi connectivity index (χ4n) is 3.97. The minimum Gasteiger partial charge on any atom is -0.481 e. The summed E-state index contributed by atoms with van der Waals surface area (Å²) < 4.78 is 2.17. The van der Waals surface area contributed by atoms with Gasteiger partial charge in [-0.25, -0.2) is 4.98 Å². The first-order valence-electron chi connectivity index (χ1n) is 12.4. The summed E-state index contributed by atoms with van der Waals surface area (Å²) in [6.45, 7) is 3.95. The predicted octanol–water partition coefficient (Wildman–Crippen LogP) is 9.60. The van der Waals surface area contributed by atoms with E-state index in [4.69, 9.17) is 38.1 Å². The molecular formula is C32H28Cl2N2O2S. The summed E-state index contributed by atoms with van der Waals surface area (Å²) in [4.78, 5) is 16.5. The van der Waals surface area contributed by atoms with Gasteiger partial charge in [-0.1, -0.05) is 83.9 Å². The van der Waals surface area contributed by atoms with Gasteiger partial charge in [0.1, 0.15) is 5.82 Å². The Morgan fingerprint density at radius 2 is 1.85 bits per heavy atom. The molecule has 5 rings (SSSR count). The van der Waals surface area contributed by atoms with Gasteiger partial charge in [-0.2, -0.15) is 0 Å². The monoisotopic (exact) mass is 574 g/mol. The molecule has 2 heterocycles. The topological polar surface area (TPSA) is 55.1 Å². The van der Waals surface area contributed by atoms with Crippen LogP contribution < -0.4 is 0 Å². The van der Waals surface area contributed by atoms with Gasteiger partial charge < -0.3 is 9.67 Å². The molecule has 2 aromatic carbocycles. The van der Waals surface area contributed by atoms with E-state index in [-0.39, 0.29) is 0 Å². The number of benzene rings is 2. The summed E-state index contributed by atoms with van der Waals surface area (Å²) in [7, 11) is 0. The molecule has 7 heteroatoms. The number of carboxylic acids is 1. The average Bonchev–Trinajstić information content (AvgIpc) is 3.40. The standard InChI is InChI=1S/C30H24Cl2N2S.C2H4O2/c1-21-8-16-29(35-21)24-12-9-22(10-13-24)11-17-30-33-28(26-15-14-25(31)18-27(26)32)20-34(30)19-23-6-4-2-3-5-7-23;1-2(3)4/h2-4,6-18,20H,5,19H2,1H3;1H3,(H,3,4)/b17-11+;. The zero-order valence-corrected chi connectivity index (χ0v) is 24.0. The van der Waals surface area contributed by atoms with E-state index >= 15 is 0 Å². The molecule has 1 aliphatic rings. The lowest BCUT2D eigenvalue weighted by Crippen LogP contribution is -2.01. The van der Waals surface area contributed by atoms with E-state index in [1.54, 1.807) is 6.07 Å². The smallest absolute Gasteiger partial charge is 0.300 e. The Labute approximate surface area is 242 Å². The van der Waals surface area contributed by atoms with Crippen LogP contribution in [0.15, 0.2) is 96.7 Å². The van der Waals surface area contributed by atoms with Crippen LogP contribution in [0, 0.1) is 6.92 Å².